The van der Waals surface area contributed by atoms with Crippen LogP contribution in [0, 0.1) is 0 Å². The Labute approximate surface area is 114 Å². The first-order chi connectivity index (χ1) is 8.79. The summed E-state index contributed by atoms with van der Waals surface area (Å²) in [5.41, 5.74) is 0.931. The molecule has 1 amide bonds. The van der Waals surface area contributed by atoms with Crippen molar-refractivity contribution in [3.8, 4) is 10.6 Å². The van der Waals surface area contributed by atoms with Crippen LogP contribution in [-0.4, -0.2) is 24.5 Å². The van der Waals surface area contributed by atoms with Crippen molar-refractivity contribution in [2.24, 2.45) is 0 Å². The summed E-state index contributed by atoms with van der Waals surface area (Å²) in [5, 5.41) is 10.5. The maximum absolute atomic E-state index is 11.6. The van der Waals surface area contributed by atoms with Gasteiger partial charge >= 0.3 is 0 Å². The molecule has 2 heterocycles. The van der Waals surface area contributed by atoms with E-state index >= 15 is 0 Å². The van der Waals surface area contributed by atoms with Crippen LogP contribution in [-0.2, 0) is 4.79 Å². The molecule has 0 atom stereocenters. The highest BCUT2D eigenvalue weighted by Crippen LogP contribution is 2.28. The zero-order chi connectivity index (χ0) is 12.8. The Hall–Kier alpha value is -1.24. The summed E-state index contributed by atoms with van der Waals surface area (Å²) in [6, 6.07) is 4.02. The zero-order valence-corrected chi connectivity index (χ0v) is 11.7. The highest BCUT2D eigenvalue weighted by molar-refractivity contribution is 7.16. The summed E-state index contributed by atoms with van der Waals surface area (Å²) in [6.07, 6.45) is 1.36. The molecule has 2 N–H and O–H groups in total. The highest BCUT2D eigenvalue weighted by Gasteiger charge is 2.08. The van der Waals surface area contributed by atoms with Crippen molar-refractivity contribution in [2.75, 3.05) is 18.9 Å². The van der Waals surface area contributed by atoms with Crippen LogP contribution in [0.5, 0.6) is 0 Å². The molecule has 2 aromatic rings. The molecule has 2 rings (SSSR count). The van der Waals surface area contributed by atoms with Gasteiger partial charge in [0.15, 0.2) is 5.13 Å². The number of rotatable bonds is 6. The van der Waals surface area contributed by atoms with Gasteiger partial charge in [-0.15, -0.1) is 22.7 Å². The van der Waals surface area contributed by atoms with Crippen molar-refractivity contribution in [3.05, 3.63) is 22.9 Å². The van der Waals surface area contributed by atoms with E-state index in [1.54, 1.807) is 11.3 Å². The molecular formula is C12H15N3OS2. The third kappa shape index (κ3) is 3.63. The van der Waals surface area contributed by atoms with Gasteiger partial charge in [0.1, 0.15) is 0 Å². The monoisotopic (exact) mass is 281 g/mol. The standard InChI is InChI=1S/C12H15N3OS2/c1-13-6-2-5-11(16)15-12-14-9(8-18-12)10-4-3-7-17-10/h3-4,7-8,13H,2,5-6H2,1H3,(H,14,15,16). The predicted octanol–water partition coefficient (Wildman–Crippen LogP) is 2.81. The molecule has 0 aliphatic carbocycles. The van der Waals surface area contributed by atoms with E-state index in [9.17, 15) is 4.79 Å². The van der Waals surface area contributed by atoms with Gasteiger partial charge in [0, 0.05) is 11.8 Å². The van der Waals surface area contributed by atoms with Gasteiger partial charge in [-0.2, -0.15) is 0 Å². The lowest BCUT2D eigenvalue weighted by Gasteiger charge is -2.00. The molecule has 0 aliphatic heterocycles. The lowest BCUT2D eigenvalue weighted by Crippen LogP contribution is -2.15. The number of carbonyl (C=O) groups is 1. The minimum absolute atomic E-state index is 0.0253. The second-order valence-electron chi connectivity index (χ2n) is 3.77. The molecular weight excluding hydrogens is 266 g/mol. The topological polar surface area (TPSA) is 54.0 Å². The van der Waals surface area contributed by atoms with Gasteiger partial charge in [-0.05, 0) is 31.5 Å². The van der Waals surface area contributed by atoms with E-state index in [1.807, 2.05) is 29.9 Å². The van der Waals surface area contributed by atoms with Crippen LogP contribution in [0.25, 0.3) is 10.6 Å². The molecule has 0 spiro atoms. The predicted molar refractivity (Wildman–Crippen MR) is 77.2 cm³/mol. The minimum Gasteiger partial charge on any atom is -0.320 e. The summed E-state index contributed by atoms with van der Waals surface area (Å²) in [6.45, 7) is 0.853. The number of anilines is 1. The van der Waals surface area contributed by atoms with Gasteiger partial charge in [-0.3, -0.25) is 4.79 Å². The Balaban J connectivity index is 1.89. The second-order valence-corrected chi connectivity index (χ2v) is 5.58. The van der Waals surface area contributed by atoms with Gasteiger partial charge in [-0.1, -0.05) is 6.07 Å². The molecule has 96 valence electrons. The number of carbonyl (C=O) groups excluding carboxylic acids is 1. The maximum Gasteiger partial charge on any atom is 0.226 e. The smallest absolute Gasteiger partial charge is 0.226 e. The summed E-state index contributed by atoms with van der Waals surface area (Å²) in [4.78, 5) is 17.1. The first-order valence-electron chi connectivity index (χ1n) is 5.73. The average Bonchev–Trinajstić information content (AvgIpc) is 2.98. The Kier molecular flexibility index (Phi) is 4.86. The minimum atomic E-state index is 0.0253. The number of nitrogens with zero attached hydrogens (tertiary/aromatic N) is 1. The number of thiophene rings is 1. The molecule has 0 unspecified atom stereocenters. The Morgan fingerprint density at radius 1 is 1.44 bits per heavy atom. The average molecular weight is 281 g/mol. The van der Waals surface area contributed by atoms with E-state index in [4.69, 9.17) is 0 Å². The summed E-state index contributed by atoms with van der Waals surface area (Å²) >= 11 is 3.11. The summed E-state index contributed by atoms with van der Waals surface area (Å²) < 4.78 is 0. The normalized spacial score (nSPS) is 10.5. The lowest BCUT2D eigenvalue weighted by atomic mass is 10.3. The fraction of sp³-hybridized carbons (Fsp3) is 0.333. The summed E-state index contributed by atoms with van der Waals surface area (Å²) in [5.74, 6) is 0.0253. The van der Waals surface area contributed by atoms with Crippen molar-refractivity contribution < 1.29 is 4.79 Å². The van der Waals surface area contributed by atoms with E-state index in [0.29, 0.717) is 11.6 Å². The van der Waals surface area contributed by atoms with Crippen LogP contribution in [0.1, 0.15) is 12.8 Å². The van der Waals surface area contributed by atoms with E-state index < -0.39 is 0 Å². The number of thiazole rings is 1. The third-order valence-electron chi connectivity index (χ3n) is 2.35. The van der Waals surface area contributed by atoms with E-state index in [0.717, 1.165) is 23.5 Å². The van der Waals surface area contributed by atoms with Crippen LogP contribution >= 0.6 is 22.7 Å². The highest BCUT2D eigenvalue weighted by atomic mass is 32.1. The second kappa shape index (κ2) is 6.63. The number of aromatic nitrogens is 1. The van der Waals surface area contributed by atoms with Crippen molar-refractivity contribution >= 4 is 33.7 Å². The largest absolute Gasteiger partial charge is 0.320 e. The van der Waals surface area contributed by atoms with Gasteiger partial charge in [0.25, 0.3) is 0 Å². The molecule has 0 fully saturated rings. The molecule has 0 saturated carbocycles. The molecule has 2 aromatic heterocycles. The van der Waals surface area contributed by atoms with Crippen LogP contribution in [0.2, 0.25) is 0 Å². The molecule has 0 radical (unpaired) electrons. The SMILES string of the molecule is CNCCCC(=O)Nc1nc(-c2cccs2)cs1. The first-order valence-corrected chi connectivity index (χ1v) is 7.49. The Morgan fingerprint density at radius 3 is 3.06 bits per heavy atom. The fourth-order valence-corrected chi connectivity index (χ4v) is 2.96. The van der Waals surface area contributed by atoms with Crippen molar-refractivity contribution in [3.63, 3.8) is 0 Å². The van der Waals surface area contributed by atoms with Crippen LogP contribution in [0.15, 0.2) is 22.9 Å². The van der Waals surface area contributed by atoms with Crippen LogP contribution < -0.4 is 10.6 Å². The fourth-order valence-electron chi connectivity index (χ4n) is 1.48. The summed E-state index contributed by atoms with van der Waals surface area (Å²) in [7, 11) is 1.88. The molecule has 6 heteroatoms. The molecule has 4 nitrogen and oxygen atoms in total. The van der Waals surface area contributed by atoms with Gasteiger partial charge in [0.05, 0.1) is 10.6 Å². The first kappa shape index (κ1) is 13.2. The van der Waals surface area contributed by atoms with E-state index in [2.05, 4.69) is 15.6 Å². The third-order valence-corrected chi connectivity index (χ3v) is 4.00. The van der Waals surface area contributed by atoms with E-state index in [1.165, 1.54) is 11.3 Å². The molecule has 0 aromatic carbocycles. The van der Waals surface area contributed by atoms with Crippen LogP contribution in [0.4, 0.5) is 5.13 Å². The van der Waals surface area contributed by atoms with E-state index in [-0.39, 0.29) is 5.91 Å². The molecule has 0 saturated heterocycles. The molecule has 18 heavy (non-hydrogen) atoms. The maximum atomic E-state index is 11.6. The van der Waals surface area contributed by atoms with Gasteiger partial charge in [0.2, 0.25) is 5.91 Å². The number of amides is 1. The van der Waals surface area contributed by atoms with Gasteiger partial charge < -0.3 is 10.6 Å². The zero-order valence-electron chi connectivity index (χ0n) is 10.1. The van der Waals surface area contributed by atoms with Gasteiger partial charge in [-0.25, -0.2) is 4.98 Å². The molecule has 0 aliphatic rings. The quantitative estimate of drug-likeness (QED) is 0.801. The number of hydrogen-bond acceptors (Lipinski definition) is 5. The Morgan fingerprint density at radius 2 is 2.33 bits per heavy atom. The molecule has 0 bridgehead atoms. The Bertz CT molecular complexity index is 493. The number of hydrogen-bond donors (Lipinski definition) is 2. The van der Waals surface area contributed by atoms with Crippen LogP contribution in [0.3, 0.4) is 0 Å². The van der Waals surface area contributed by atoms with Crippen molar-refractivity contribution in [2.45, 2.75) is 12.8 Å². The van der Waals surface area contributed by atoms with Crippen molar-refractivity contribution in [1.82, 2.24) is 10.3 Å². The van der Waals surface area contributed by atoms with Crippen molar-refractivity contribution in [1.29, 1.82) is 0 Å². The number of nitrogens with one attached hydrogen (secondary N) is 2. The lowest BCUT2D eigenvalue weighted by molar-refractivity contribution is -0.116.